The van der Waals surface area contributed by atoms with Gasteiger partial charge in [0.15, 0.2) is 0 Å². The Labute approximate surface area is 147 Å². The molecule has 1 N–H and O–H groups in total. The standard InChI is InChI=1S/C22H35FO/c1-4-10-22(24)13-9-19-17-6-5-15-14-16(23)7-11-20(15,2)18(17)8-12-21(19,22)3/h5,16-19,24H,4,6-14H2,1-3H3. The number of halogens is 1. The first-order chi connectivity index (χ1) is 11.3. The van der Waals surface area contributed by atoms with Crippen molar-refractivity contribution in [3.63, 3.8) is 0 Å². The minimum absolute atomic E-state index is 0.100. The van der Waals surface area contributed by atoms with E-state index in [0.717, 1.165) is 44.9 Å². The van der Waals surface area contributed by atoms with Gasteiger partial charge in [-0.1, -0.05) is 38.8 Å². The highest BCUT2D eigenvalue weighted by molar-refractivity contribution is 5.26. The van der Waals surface area contributed by atoms with Gasteiger partial charge in [-0.3, -0.25) is 0 Å². The molecule has 4 aliphatic rings. The molecular weight excluding hydrogens is 299 g/mol. The van der Waals surface area contributed by atoms with Crippen LogP contribution >= 0.6 is 0 Å². The van der Waals surface area contributed by atoms with E-state index in [2.05, 4.69) is 26.8 Å². The maximum absolute atomic E-state index is 13.9. The molecule has 1 nitrogen and oxygen atoms in total. The van der Waals surface area contributed by atoms with E-state index in [1.54, 1.807) is 0 Å². The largest absolute Gasteiger partial charge is 0.389 e. The molecule has 4 aliphatic carbocycles. The van der Waals surface area contributed by atoms with Gasteiger partial charge in [0, 0.05) is 6.42 Å². The summed E-state index contributed by atoms with van der Waals surface area (Å²) < 4.78 is 13.9. The van der Waals surface area contributed by atoms with E-state index in [1.165, 1.54) is 18.4 Å². The van der Waals surface area contributed by atoms with Crippen LogP contribution in [0.2, 0.25) is 0 Å². The second-order valence-electron chi connectivity index (χ2n) is 9.88. The van der Waals surface area contributed by atoms with Crippen LogP contribution in [0.1, 0.15) is 85.0 Å². The number of alkyl halides is 1. The van der Waals surface area contributed by atoms with Gasteiger partial charge >= 0.3 is 0 Å². The van der Waals surface area contributed by atoms with Crippen molar-refractivity contribution in [2.75, 3.05) is 0 Å². The monoisotopic (exact) mass is 334 g/mol. The van der Waals surface area contributed by atoms with Gasteiger partial charge in [-0.25, -0.2) is 4.39 Å². The first-order valence-corrected chi connectivity index (χ1v) is 10.4. The number of aliphatic hydroxyl groups is 1. The van der Waals surface area contributed by atoms with Gasteiger partial charge in [0.2, 0.25) is 0 Å². The average Bonchev–Trinajstić information content (AvgIpc) is 2.80. The summed E-state index contributed by atoms with van der Waals surface area (Å²) in [6.07, 6.45) is 12.0. The first-order valence-electron chi connectivity index (χ1n) is 10.4. The minimum atomic E-state index is -0.615. The molecule has 0 aromatic rings. The SMILES string of the molecule is CCCC1(O)CCC2C3CC=C4CC(F)CCC4(C)C3CCC21C. The average molecular weight is 335 g/mol. The van der Waals surface area contributed by atoms with Crippen LogP contribution in [0.25, 0.3) is 0 Å². The van der Waals surface area contributed by atoms with Gasteiger partial charge in [-0.05, 0) is 80.0 Å². The predicted molar refractivity (Wildman–Crippen MR) is 96.5 cm³/mol. The number of allylic oxidation sites excluding steroid dienone is 2. The van der Waals surface area contributed by atoms with Crippen molar-refractivity contribution in [3.05, 3.63) is 11.6 Å². The fraction of sp³-hybridized carbons (Fsp3) is 0.909. The van der Waals surface area contributed by atoms with Crippen LogP contribution in [0.4, 0.5) is 4.39 Å². The highest BCUT2D eigenvalue weighted by Crippen LogP contribution is 2.67. The summed E-state index contributed by atoms with van der Waals surface area (Å²) in [6.45, 7) is 7.01. The number of rotatable bonds is 2. The molecule has 0 radical (unpaired) electrons. The highest BCUT2D eigenvalue weighted by atomic mass is 19.1. The van der Waals surface area contributed by atoms with Gasteiger partial charge in [0.1, 0.15) is 6.17 Å². The van der Waals surface area contributed by atoms with Gasteiger partial charge in [0.25, 0.3) is 0 Å². The van der Waals surface area contributed by atoms with Crippen LogP contribution < -0.4 is 0 Å². The Morgan fingerprint density at radius 2 is 1.88 bits per heavy atom. The van der Waals surface area contributed by atoms with Crippen molar-refractivity contribution in [2.24, 2.45) is 28.6 Å². The lowest BCUT2D eigenvalue weighted by molar-refractivity contribution is -0.127. The van der Waals surface area contributed by atoms with Gasteiger partial charge in [-0.15, -0.1) is 0 Å². The molecule has 2 heteroatoms. The zero-order valence-corrected chi connectivity index (χ0v) is 15.8. The Hall–Kier alpha value is -0.370. The van der Waals surface area contributed by atoms with E-state index in [4.69, 9.17) is 0 Å². The zero-order chi connectivity index (χ0) is 17.2. The number of fused-ring (bicyclic) bond motifs is 5. The Morgan fingerprint density at radius 1 is 1.12 bits per heavy atom. The van der Waals surface area contributed by atoms with Crippen LogP contribution in [0, 0.1) is 28.6 Å². The Bertz CT molecular complexity index is 542. The topological polar surface area (TPSA) is 20.2 Å². The lowest BCUT2D eigenvalue weighted by Gasteiger charge is -2.59. The second-order valence-corrected chi connectivity index (χ2v) is 9.88. The molecule has 0 heterocycles. The molecule has 0 aromatic carbocycles. The van der Waals surface area contributed by atoms with Crippen LogP contribution in [0.15, 0.2) is 11.6 Å². The molecule has 7 unspecified atom stereocenters. The molecule has 24 heavy (non-hydrogen) atoms. The molecule has 3 fully saturated rings. The van der Waals surface area contributed by atoms with Crippen LogP contribution in [0.3, 0.4) is 0 Å². The van der Waals surface area contributed by atoms with E-state index in [-0.39, 0.29) is 10.8 Å². The first kappa shape index (κ1) is 17.1. The minimum Gasteiger partial charge on any atom is -0.389 e. The Balaban J connectivity index is 1.65. The maximum atomic E-state index is 13.9. The molecule has 0 spiro atoms. The molecule has 3 saturated carbocycles. The highest BCUT2D eigenvalue weighted by Gasteiger charge is 2.63. The van der Waals surface area contributed by atoms with Gasteiger partial charge in [-0.2, -0.15) is 0 Å². The number of hydrogen-bond donors (Lipinski definition) is 1. The maximum Gasteiger partial charge on any atom is 0.104 e. The number of hydrogen-bond acceptors (Lipinski definition) is 1. The van der Waals surface area contributed by atoms with Gasteiger partial charge < -0.3 is 5.11 Å². The molecule has 0 aromatic heterocycles. The van der Waals surface area contributed by atoms with Crippen molar-refractivity contribution in [1.82, 2.24) is 0 Å². The lowest BCUT2D eigenvalue weighted by Crippen LogP contribution is -2.54. The summed E-state index contributed by atoms with van der Waals surface area (Å²) in [5.41, 5.74) is 1.31. The van der Waals surface area contributed by atoms with Crippen LogP contribution in [-0.4, -0.2) is 16.9 Å². The zero-order valence-electron chi connectivity index (χ0n) is 15.8. The molecular formula is C22H35FO. The molecule has 7 atom stereocenters. The Kier molecular flexibility index (Phi) is 3.95. The normalized spacial score (nSPS) is 53.8. The summed E-state index contributed by atoms with van der Waals surface area (Å²) in [6, 6.07) is 0. The van der Waals surface area contributed by atoms with E-state index in [1.807, 2.05) is 0 Å². The fourth-order valence-corrected chi connectivity index (χ4v) is 7.55. The van der Waals surface area contributed by atoms with E-state index in [0.29, 0.717) is 24.2 Å². The third-order valence-electron chi connectivity index (χ3n) is 9.03. The van der Waals surface area contributed by atoms with Crippen molar-refractivity contribution in [1.29, 1.82) is 0 Å². The predicted octanol–water partition coefficient (Wildman–Crippen LogP) is 5.82. The molecule has 0 aliphatic heterocycles. The molecule has 4 rings (SSSR count). The fourth-order valence-electron chi connectivity index (χ4n) is 7.55. The smallest absolute Gasteiger partial charge is 0.104 e. The molecule has 0 amide bonds. The lowest BCUT2D eigenvalue weighted by atomic mass is 9.47. The molecule has 136 valence electrons. The molecule has 0 bridgehead atoms. The summed E-state index contributed by atoms with van der Waals surface area (Å²) in [5, 5.41) is 11.4. The molecule has 0 saturated heterocycles. The summed E-state index contributed by atoms with van der Waals surface area (Å²) >= 11 is 0. The summed E-state index contributed by atoms with van der Waals surface area (Å²) in [5.74, 6) is 2.08. The van der Waals surface area contributed by atoms with Crippen molar-refractivity contribution < 1.29 is 9.50 Å². The van der Waals surface area contributed by atoms with Crippen molar-refractivity contribution in [3.8, 4) is 0 Å². The third-order valence-corrected chi connectivity index (χ3v) is 9.03. The van der Waals surface area contributed by atoms with Gasteiger partial charge in [0.05, 0.1) is 5.60 Å². The van der Waals surface area contributed by atoms with Crippen LogP contribution in [0.5, 0.6) is 0 Å². The van der Waals surface area contributed by atoms with E-state index < -0.39 is 11.8 Å². The quantitative estimate of drug-likeness (QED) is 0.631. The van der Waals surface area contributed by atoms with E-state index >= 15 is 0 Å². The van der Waals surface area contributed by atoms with E-state index in [9.17, 15) is 9.50 Å². The summed E-state index contributed by atoms with van der Waals surface area (Å²) in [4.78, 5) is 0. The van der Waals surface area contributed by atoms with Crippen LogP contribution in [-0.2, 0) is 0 Å². The van der Waals surface area contributed by atoms with Crippen molar-refractivity contribution in [2.45, 2.75) is 96.8 Å². The summed E-state index contributed by atoms with van der Waals surface area (Å²) in [7, 11) is 0. The third kappa shape index (κ3) is 2.14. The Morgan fingerprint density at radius 3 is 2.62 bits per heavy atom. The second kappa shape index (κ2) is 5.56. The van der Waals surface area contributed by atoms with Crippen molar-refractivity contribution >= 4 is 0 Å².